The number of anilines is 3. The number of aromatic nitrogens is 3. The standard InChI is InChI=1S/C28H40BN3O5Si.C22H28BrN3O3Si.C16H16BN3O4.49H2/c1-26(2,3)38(9,10)34-16-15-32(8)24-14-11-20(18-30)25(31-24)35-22-12-13-23(21(17-22)19-33)29-36-27(4,5)28(6,7)37-29;1-22(2,3)30(5,6)28-12-11-26(4)20-10-7-16(14-24)21(25-20)29-18-8-9-19(23)17(13-18)15-27;1-20(6-7-21)15-5-2-11(9-18)16(19-15)24-13-3-4-14-12(8-13)10-23-17(14)22;;;;;;;;;;;;;;;;;;;;;;;;;;;;;;;;;;;;;;;;;;;;;;;;;/h11-14,17,19H,15-16H2,1-10H3;7-10,13,15H,11-12H2,1-6H3;2-5,8,21-22H,6-7,10H2,1H3;49*1H/i;;;49*1+1D. The van der Waals surface area contributed by atoms with Crippen LogP contribution in [0.3, 0.4) is 0 Å². The molecule has 584 valence electrons. The molecule has 0 saturated carbocycles. The molecule has 0 amide bonds. The summed E-state index contributed by atoms with van der Waals surface area (Å²) >= 11 is 3.31. The first-order valence-corrected chi connectivity index (χ1v) is 36.6. The minimum Gasteiger partial charge on any atom is -0.438 e. The molecular formula is C66H182B2BrN9O12Si2. The highest BCUT2D eigenvalue weighted by molar-refractivity contribution is 9.10. The van der Waals surface area contributed by atoms with Crippen LogP contribution in [0.15, 0.2) is 95.5 Å². The van der Waals surface area contributed by atoms with E-state index in [0.717, 1.165) is 18.1 Å². The number of hydrogen-bond acceptors (Lipinski definition) is 21. The van der Waals surface area contributed by atoms with Crippen LogP contribution >= 0.6 is 15.9 Å². The summed E-state index contributed by atoms with van der Waals surface area (Å²) in [6.07, 6.45) is 1.49. The summed E-state index contributed by atoms with van der Waals surface area (Å²) < 4.78 is 538. The Balaban J connectivity index is -0.0000000304. The third kappa shape index (κ3) is 18.6. The first-order valence-electron chi connectivity index (χ1n) is 79.0. The third-order valence-corrected chi connectivity index (χ3v) is 26.9. The molecule has 0 spiro atoms. The molecule has 5 heterocycles. The number of benzene rings is 3. The van der Waals surface area contributed by atoms with Crippen LogP contribution in [0.2, 0.25) is 36.3 Å². The van der Waals surface area contributed by atoms with Crippen molar-refractivity contribution in [3.8, 4) is 53.1 Å². The molecule has 0 bridgehead atoms. The van der Waals surface area contributed by atoms with Crippen molar-refractivity contribution in [1.29, 1.82) is 15.8 Å². The Labute approximate surface area is 704 Å². The quantitative estimate of drug-likeness (QED) is 0.0472. The van der Waals surface area contributed by atoms with Crippen molar-refractivity contribution in [2.45, 2.75) is 123 Å². The van der Waals surface area contributed by atoms with Crippen molar-refractivity contribution in [3.63, 3.8) is 0 Å². The highest BCUT2D eigenvalue weighted by atomic mass is 79.9. The molecule has 8 rings (SSSR count). The Morgan fingerprint density at radius 3 is 1.39 bits per heavy atom. The first kappa shape index (κ1) is 30.7. The van der Waals surface area contributed by atoms with Gasteiger partial charge in [0.2, 0.25) is 17.6 Å². The number of pyridine rings is 3. The second-order valence-electron chi connectivity index (χ2n) is 26.2. The van der Waals surface area contributed by atoms with Gasteiger partial charge in [0, 0.05) is 202 Å². The predicted octanol–water partition coefficient (Wildman–Crippen LogP) is 23.5. The number of halogens is 1. The van der Waals surface area contributed by atoms with Gasteiger partial charge in [0.25, 0.3) is 0 Å². The minimum atomic E-state index is -1.85. The van der Waals surface area contributed by atoms with Crippen LogP contribution in [-0.4, -0.2) is 140 Å². The van der Waals surface area contributed by atoms with Crippen LogP contribution in [-0.2, 0) is 29.4 Å². The van der Waals surface area contributed by atoms with Crippen LogP contribution in [0.25, 0.3) is 0 Å². The molecule has 0 aliphatic carbocycles. The fraction of sp³-hybridized carbons (Fsp3) is 0.424. The maximum absolute atomic E-state index is 12.0. The Hall–Kier alpha value is -7.52. The normalized spacial score (nSPS) is 18.3. The molecule has 6 aromatic rings. The molecule has 2 N–H and O–H groups in total. The number of nitriles is 3. The number of ether oxygens (including phenoxy) is 3. The van der Waals surface area contributed by atoms with Gasteiger partial charge in [0.15, 0.2) is 22.9 Å². The maximum Gasteiger partial charge on any atom is 0.495 e. The van der Waals surface area contributed by atoms with Gasteiger partial charge in [-0.15, -0.1) is 0 Å². The van der Waals surface area contributed by atoms with Crippen molar-refractivity contribution >= 4 is 87.8 Å². The van der Waals surface area contributed by atoms with Crippen LogP contribution in [0.5, 0.6) is 34.9 Å². The van der Waals surface area contributed by atoms with Crippen LogP contribution in [0.1, 0.15) is 258 Å². The van der Waals surface area contributed by atoms with Gasteiger partial charge < -0.3 is 61.9 Å². The van der Waals surface area contributed by atoms with E-state index >= 15 is 0 Å². The number of rotatable bonds is 22. The van der Waals surface area contributed by atoms with E-state index in [1.54, 1.807) is 103 Å². The van der Waals surface area contributed by atoms with E-state index < -0.39 is 42.1 Å². The van der Waals surface area contributed by atoms with Crippen LogP contribution in [0.4, 0.5) is 17.5 Å². The van der Waals surface area contributed by atoms with Gasteiger partial charge in [0.05, 0.1) is 37.6 Å². The molecule has 0 atom stereocenters. The molecule has 21 nitrogen and oxygen atoms in total. The number of aliphatic hydroxyl groups is 1. The molecule has 1 fully saturated rings. The lowest BCUT2D eigenvalue weighted by Gasteiger charge is -2.36. The van der Waals surface area contributed by atoms with Gasteiger partial charge in [-0.2, -0.15) is 30.7 Å². The van der Waals surface area contributed by atoms with Crippen LogP contribution < -0.4 is 39.8 Å². The average molecular weight is 1550 g/mol. The molecule has 0 unspecified atom stereocenters. The second-order valence-corrected chi connectivity index (χ2v) is 36.7. The van der Waals surface area contributed by atoms with Crippen molar-refractivity contribution in [2.24, 2.45) is 0 Å². The van der Waals surface area contributed by atoms with E-state index in [1.165, 1.54) is 0 Å². The molecule has 2 aliphatic heterocycles. The highest BCUT2D eigenvalue weighted by Gasteiger charge is 2.52. The average Bonchev–Trinajstić information content (AvgIpc) is 1.61. The predicted molar refractivity (Wildman–Crippen MR) is 470 cm³/mol. The second kappa shape index (κ2) is 30.9. The lowest BCUT2D eigenvalue weighted by molar-refractivity contribution is 0.00578. The topological polar surface area (TPSA) is 268 Å². The first-order chi connectivity index (χ1) is 92.1. The number of carbonyl (C=O) groups excluding carboxylic acids is 2. The summed E-state index contributed by atoms with van der Waals surface area (Å²) in [5, 5.41) is 47.3. The van der Waals surface area contributed by atoms with E-state index in [9.17, 15) is 30.4 Å². The monoisotopic (exact) mass is 1550 g/mol. The Morgan fingerprint density at radius 1 is 0.620 bits per heavy atom. The van der Waals surface area contributed by atoms with E-state index in [-0.39, 0.29) is 34.3 Å². The molecular weight excluding hydrogens is 1270 g/mol. The molecule has 3 aromatic carbocycles. The van der Waals surface area contributed by atoms with Crippen molar-refractivity contribution < 1.29 is 202 Å². The van der Waals surface area contributed by atoms with E-state index in [2.05, 4.69) is 117 Å². The third-order valence-electron chi connectivity index (χ3n) is 17.1. The Morgan fingerprint density at radius 2 is 1.00 bits per heavy atom. The van der Waals surface area contributed by atoms with Crippen LogP contribution in [0, 0.1) is 34.0 Å². The van der Waals surface area contributed by atoms with Crippen molar-refractivity contribution in [2.75, 3.05) is 75.3 Å². The zero-order valence-corrected chi connectivity index (χ0v) is 59.4. The SMILES string of the molecule is CN(CCO)c1ccc(C#N)c(Oc2ccc3c(c2)COB3O)n1.CN(CCO[Si](C)(C)C(C)(C)C)c1ccc(C#N)c(Oc2ccc(B3OC(C)(C)C(C)(C)O3)c(C=O)c2)n1.CN(CCO[Si](C)(C)C(C)(C)C)c1ccc(C#N)c(Oc2ccc(Br)c(C=O)c2)n1.[2H][2H].[2H][2H].[2H][2H].[2H][2H].[2H][2H].[2H][2H].[2H][2H].[2H][2H].[2H][2H].[2H][2H].[2H][2H].[2H][2H].[2H][2H].[2H][2H].[2H][2H].[2H][2H].[2H][2H].[2H][2H].[2H][2H].[2H][2H].[2H][2H].[2H][2H].[2H][2H].[2H][2H].[2H][2H].[2H][2H].[2H][2H].[2H][2H].[2H][2H].[2H][2H].[2H][2H].[2H][2H].[2H][2H].[2H][2H].[2H][2H].[2H][2H].[2H][2H].[2H][2H].[2H][2H].[2H][2H].[2H][2H].[2H][2H].[2H][2H].[2H][2H].[2H][2H].[2H][2H].[2H][2H].[2H][2H].[2H][2H]. The van der Waals surface area contributed by atoms with Gasteiger partial charge in [-0.05, 0) is 159 Å². The summed E-state index contributed by atoms with van der Waals surface area (Å²) in [4.78, 5) is 42.3. The number of aldehydes is 2. The zero-order valence-electron chi connectivity index (χ0n) is 154. The smallest absolute Gasteiger partial charge is 0.438 e. The van der Waals surface area contributed by atoms with Gasteiger partial charge in [-0.3, -0.25) is 9.59 Å². The molecule has 26 heteroatoms. The van der Waals surface area contributed by atoms with Crippen molar-refractivity contribution in [3.05, 3.63) is 129 Å². The van der Waals surface area contributed by atoms with Gasteiger partial charge in [0.1, 0.15) is 75.9 Å². The molecule has 3 aromatic heterocycles. The highest BCUT2D eigenvalue weighted by Crippen LogP contribution is 2.40. The number of nitrogens with zero attached hydrogens (tertiary/aromatic N) is 9. The minimum absolute atomic E-state index is 0.00151. The fourth-order valence-electron chi connectivity index (χ4n) is 8.40. The number of hydrogen-bond donors (Lipinski definition) is 2. The molecule has 2 aliphatic rings. The summed E-state index contributed by atoms with van der Waals surface area (Å²) in [5.41, 5.74) is 2.89. The summed E-state index contributed by atoms with van der Waals surface area (Å²) in [6, 6.07) is 31.9. The summed E-state index contributed by atoms with van der Waals surface area (Å²) in [5.74, 6) is 3.82. The number of aliphatic hydroxyl groups excluding tert-OH is 1. The lowest BCUT2D eigenvalue weighted by Crippen LogP contribution is -2.42. The van der Waals surface area contributed by atoms with E-state index in [0.29, 0.717) is 117 Å². The largest absolute Gasteiger partial charge is 0.495 e. The molecule has 1 saturated heterocycles. The zero-order chi connectivity index (χ0) is 166. The molecule has 92 heavy (non-hydrogen) atoms. The maximum atomic E-state index is 12.0. The van der Waals surface area contributed by atoms with Gasteiger partial charge in [-0.1, -0.05) is 69.6 Å². The summed E-state index contributed by atoms with van der Waals surface area (Å²) in [6.45, 7) is 33.3. The van der Waals surface area contributed by atoms with Gasteiger partial charge in [-0.25, -0.2) is 0 Å². The lowest BCUT2D eigenvalue weighted by atomic mass is 9.76. The number of fused-ring (bicyclic) bond motifs is 1. The number of carbonyl (C=O) groups is 2. The van der Waals surface area contributed by atoms with E-state index in [1.807, 2.05) is 51.6 Å². The van der Waals surface area contributed by atoms with E-state index in [4.69, 9.17) is 188 Å². The fourth-order valence-corrected chi connectivity index (χ4v) is 10.8. The van der Waals surface area contributed by atoms with Crippen molar-refractivity contribution in [1.82, 2.24) is 15.0 Å². The number of likely N-dealkylation sites (N-methyl/N-ethyl adjacent to an activating group) is 3. The van der Waals surface area contributed by atoms with Gasteiger partial charge >= 0.3 is 14.2 Å². The Kier molecular flexibility index (Phi) is 10.3. The Bertz CT molecular complexity index is 3890. The summed E-state index contributed by atoms with van der Waals surface area (Å²) in [7, 11) is 0.410. The molecule has 0 radical (unpaired) electrons.